The molecule has 0 atom stereocenters. The largest absolute Gasteiger partial charge is 0.497 e. The first-order chi connectivity index (χ1) is 11.7. The number of hydrogen-bond donors (Lipinski definition) is 1. The van der Waals surface area contributed by atoms with Crippen LogP contribution in [0.5, 0.6) is 5.75 Å². The molecule has 2 aromatic rings. The summed E-state index contributed by atoms with van der Waals surface area (Å²) in [7, 11) is 1.65. The molecular weight excluding hydrogens is 300 g/mol. The number of benzene rings is 2. The Morgan fingerprint density at radius 2 is 2.12 bits per heavy atom. The molecule has 0 spiro atoms. The number of methoxy groups -OCH3 is 1. The van der Waals surface area contributed by atoms with Gasteiger partial charge in [-0.1, -0.05) is 18.2 Å². The topological polar surface area (TPSA) is 41.6 Å². The standard InChI is InChI=1S/C20H24N2O2/c1-3-22-12-11-16-8-9-17(14-19(16)22)21-20(23)10-7-15-5-4-6-18(13-15)24-2/h4-6,8-9,13-14H,3,7,10-12H2,1-2H3,(H,21,23). The summed E-state index contributed by atoms with van der Waals surface area (Å²) in [6.07, 6.45) is 2.25. The SMILES string of the molecule is CCN1CCc2ccc(NC(=O)CCc3cccc(OC)c3)cc21. The van der Waals surface area contributed by atoms with E-state index in [0.717, 1.165) is 36.5 Å². The molecule has 0 saturated carbocycles. The predicted octanol–water partition coefficient (Wildman–Crippen LogP) is 3.65. The molecule has 0 fully saturated rings. The van der Waals surface area contributed by atoms with E-state index in [-0.39, 0.29) is 5.91 Å². The zero-order chi connectivity index (χ0) is 16.9. The fraction of sp³-hybridized carbons (Fsp3) is 0.350. The molecule has 4 nitrogen and oxygen atoms in total. The highest BCUT2D eigenvalue weighted by molar-refractivity contribution is 5.91. The van der Waals surface area contributed by atoms with Crippen LogP contribution in [0.4, 0.5) is 11.4 Å². The van der Waals surface area contributed by atoms with E-state index in [1.165, 1.54) is 11.3 Å². The molecule has 0 bridgehead atoms. The highest BCUT2D eigenvalue weighted by Crippen LogP contribution is 2.30. The Balaban J connectivity index is 1.59. The van der Waals surface area contributed by atoms with Gasteiger partial charge < -0.3 is 15.0 Å². The van der Waals surface area contributed by atoms with Crippen molar-refractivity contribution in [3.05, 3.63) is 53.6 Å². The molecule has 0 radical (unpaired) electrons. The fourth-order valence-corrected chi connectivity index (χ4v) is 3.16. The fourth-order valence-electron chi connectivity index (χ4n) is 3.16. The van der Waals surface area contributed by atoms with Gasteiger partial charge >= 0.3 is 0 Å². The Kier molecular flexibility index (Phi) is 5.04. The average molecular weight is 324 g/mol. The number of likely N-dealkylation sites (N-methyl/N-ethyl adjacent to an activating group) is 1. The third kappa shape index (κ3) is 3.70. The van der Waals surface area contributed by atoms with E-state index < -0.39 is 0 Å². The molecule has 1 heterocycles. The number of amides is 1. The molecule has 0 aromatic heterocycles. The van der Waals surface area contributed by atoms with Crippen LogP contribution in [0.25, 0.3) is 0 Å². The van der Waals surface area contributed by atoms with E-state index in [1.807, 2.05) is 30.3 Å². The first kappa shape index (κ1) is 16.4. The van der Waals surface area contributed by atoms with Crippen molar-refractivity contribution in [2.75, 3.05) is 30.4 Å². The second-order valence-corrected chi connectivity index (χ2v) is 6.07. The monoisotopic (exact) mass is 324 g/mol. The van der Waals surface area contributed by atoms with Crippen LogP contribution < -0.4 is 15.0 Å². The van der Waals surface area contributed by atoms with E-state index in [4.69, 9.17) is 4.74 Å². The molecule has 24 heavy (non-hydrogen) atoms. The Morgan fingerprint density at radius 1 is 1.25 bits per heavy atom. The molecule has 1 amide bonds. The van der Waals surface area contributed by atoms with Gasteiger partial charge in [0.25, 0.3) is 0 Å². The minimum atomic E-state index is 0.0406. The van der Waals surface area contributed by atoms with Crippen LogP contribution in [0.1, 0.15) is 24.5 Å². The summed E-state index contributed by atoms with van der Waals surface area (Å²) in [6, 6.07) is 14.1. The quantitative estimate of drug-likeness (QED) is 0.882. The van der Waals surface area contributed by atoms with Crippen molar-refractivity contribution >= 4 is 17.3 Å². The third-order valence-corrected chi connectivity index (χ3v) is 4.52. The van der Waals surface area contributed by atoms with Crippen molar-refractivity contribution in [3.8, 4) is 5.75 Å². The van der Waals surface area contributed by atoms with Gasteiger partial charge in [-0.2, -0.15) is 0 Å². The number of aryl methyl sites for hydroxylation is 1. The summed E-state index contributed by atoms with van der Waals surface area (Å²) in [5, 5.41) is 3.02. The molecule has 4 heteroatoms. The van der Waals surface area contributed by atoms with Gasteiger partial charge in [-0.15, -0.1) is 0 Å². The maximum atomic E-state index is 12.2. The third-order valence-electron chi connectivity index (χ3n) is 4.52. The van der Waals surface area contributed by atoms with Crippen molar-refractivity contribution < 1.29 is 9.53 Å². The lowest BCUT2D eigenvalue weighted by Gasteiger charge is -2.17. The van der Waals surface area contributed by atoms with E-state index in [2.05, 4.69) is 29.3 Å². The second-order valence-electron chi connectivity index (χ2n) is 6.07. The van der Waals surface area contributed by atoms with Crippen molar-refractivity contribution in [3.63, 3.8) is 0 Å². The molecule has 1 N–H and O–H groups in total. The summed E-state index contributed by atoms with van der Waals surface area (Å²) >= 11 is 0. The van der Waals surface area contributed by atoms with Gasteiger partial charge in [-0.05, 0) is 55.2 Å². The second kappa shape index (κ2) is 7.39. The average Bonchev–Trinajstić information content (AvgIpc) is 3.02. The van der Waals surface area contributed by atoms with Gasteiger partial charge in [0, 0.05) is 30.9 Å². The summed E-state index contributed by atoms with van der Waals surface area (Å²) in [5.41, 5.74) is 4.61. The van der Waals surface area contributed by atoms with Crippen LogP contribution in [-0.2, 0) is 17.6 Å². The number of nitrogens with one attached hydrogen (secondary N) is 1. The lowest BCUT2D eigenvalue weighted by molar-refractivity contribution is -0.116. The Bertz CT molecular complexity index is 727. The molecule has 0 saturated heterocycles. The van der Waals surface area contributed by atoms with Gasteiger partial charge in [-0.3, -0.25) is 4.79 Å². The Labute approximate surface area is 143 Å². The lowest BCUT2D eigenvalue weighted by Crippen LogP contribution is -2.19. The van der Waals surface area contributed by atoms with Crippen molar-refractivity contribution in [2.45, 2.75) is 26.2 Å². The number of rotatable bonds is 6. The molecule has 126 valence electrons. The first-order valence-electron chi connectivity index (χ1n) is 8.50. The lowest BCUT2D eigenvalue weighted by atomic mass is 10.1. The molecule has 3 rings (SSSR count). The van der Waals surface area contributed by atoms with Crippen LogP contribution in [0, 0.1) is 0 Å². The smallest absolute Gasteiger partial charge is 0.224 e. The van der Waals surface area contributed by atoms with Gasteiger partial charge in [0.15, 0.2) is 0 Å². The van der Waals surface area contributed by atoms with Crippen LogP contribution >= 0.6 is 0 Å². The van der Waals surface area contributed by atoms with Crippen LogP contribution in [0.2, 0.25) is 0 Å². The number of hydrogen-bond acceptors (Lipinski definition) is 3. The number of carbonyl (C=O) groups is 1. The number of ether oxygens (including phenoxy) is 1. The minimum absolute atomic E-state index is 0.0406. The number of nitrogens with zero attached hydrogens (tertiary/aromatic N) is 1. The predicted molar refractivity (Wildman–Crippen MR) is 98.0 cm³/mol. The van der Waals surface area contributed by atoms with Crippen LogP contribution in [-0.4, -0.2) is 26.1 Å². The molecule has 0 unspecified atom stereocenters. The highest BCUT2D eigenvalue weighted by atomic mass is 16.5. The van der Waals surface area contributed by atoms with Gasteiger partial charge in [0.2, 0.25) is 5.91 Å². The van der Waals surface area contributed by atoms with Crippen LogP contribution in [0.15, 0.2) is 42.5 Å². The molecule has 1 aliphatic rings. The highest BCUT2D eigenvalue weighted by Gasteiger charge is 2.18. The van der Waals surface area contributed by atoms with Crippen molar-refractivity contribution in [1.82, 2.24) is 0 Å². The van der Waals surface area contributed by atoms with Crippen molar-refractivity contribution in [2.24, 2.45) is 0 Å². The molecular formula is C20H24N2O2. The van der Waals surface area contributed by atoms with E-state index >= 15 is 0 Å². The number of carbonyl (C=O) groups excluding carboxylic acids is 1. The molecule has 1 aliphatic heterocycles. The maximum absolute atomic E-state index is 12.2. The van der Waals surface area contributed by atoms with Gasteiger partial charge in [0.1, 0.15) is 5.75 Å². The minimum Gasteiger partial charge on any atom is -0.497 e. The summed E-state index contributed by atoms with van der Waals surface area (Å²) in [5.74, 6) is 0.866. The normalized spacial score (nSPS) is 12.8. The van der Waals surface area contributed by atoms with E-state index in [1.54, 1.807) is 7.11 Å². The zero-order valence-corrected chi connectivity index (χ0v) is 14.3. The maximum Gasteiger partial charge on any atom is 0.224 e. The molecule has 0 aliphatic carbocycles. The van der Waals surface area contributed by atoms with Crippen molar-refractivity contribution in [1.29, 1.82) is 0 Å². The Hall–Kier alpha value is -2.49. The first-order valence-corrected chi connectivity index (χ1v) is 8.50. The van der Waals surface area contributed by atoms with Gasteiger partial charge in [0.05, 0.1) is 7.11 Å². The van der Waals surface area contributed by atoms with Gasteiger partial charge in [-0.25, -0.2) is 0 Å². The van der Waals surface area contributed by atoms with E-state index in [9.17, 15) is 4.79 Å². The summed E-state index contributed by atoms with van der Waals surface area (Å²) in [4.78, 5) is 14.6. The number of anilines is 2. The number of fused-ring (bicyclic) bond motifs is 1. The Morgan fingerprint density at radius 3 is 2.92 bits per heavy atom. The van der Waals surface area contributed by atoms with Crippen LogP contribution in [0.3, 0.4) is 0 Å². The summed E-state index contributed by atoms with van der Waals surface area (Å²) < 4.78 is 5.22. The molecule has 2 aromatic carbocycles. The zero-order valence-electron chi connectivity index (χ0n) is 14.3. The van der Waals surface area contributed by atoms with E-state index in [0.29, 0.717) is 12.8 Å². The summed E-state index contributed by atoms with van der Waals surface area (Å²) in [6.45, 7) is 4.23.